The Balaban J connectivity index is 3.64. The molecule has 0 saturated heterocycles. The third-order valence-electron chi connectivity index (χ3n) is 1.89. The van der Waals surface area contributed by atoms with E-state index in [9.17, 15) is 5.11 Å². The van der Waals surface area contributed by atoms with Crippen LogP contribution in [0.4, 0.5) is 0 Å². The number of hydrogen-bond acceptors (Lipinski definition) is 1. The van der Waals surface area contributed by atoms with Crippen LogP contribution in [0.3, 0.4) is 0 Å². The number of aliphatic hydroxyl groups is 1. The zero-order valence-electron chi connectivity index (χ0n) is 8.51. The molecule has 0 heterocycles. The summed E-state index contributed by atoms with van der Waals surface area (Å²) in [5.74, 6) is 7.99. The molecule has 0 aromatic carbocycles. The van der Waals surface area contributed by atoms with Crippen LogP contribution in [0.25, 0.3) is 0 Å². The van der Waals surface area contributed by atoms with Gasteiger partial charge in [0, 0.05) is 6.42 Å². The molecule has 1 nitrogen and oxygen atoms in total. The van der Waals surface area contributed by atoms with Crippen LogP contribution in [-0.4, -0.2) is 11.2 Å². The van der Waals surface area contributed by atoms with E-state index in [1.54, 1.807) is 6.92 Å². The molecule has 0 saturated carbocycles. The van der Waals surface area contributed by atoms with Gasteiger partial charge in [-0.25, -0.2) is 0 Å². The zero-order chi connectivity index (χ0) is 10.1. The van der Waals surface area contributed by atoms with E-state index >= 15 is 0 Å². The Hall–Kier alpha value is -0.920. The summed E-state index contributed by atoms with van der Waals surface area (Å²) in [6.07, 6.45) is 8.86. The largest absolute Gasteiger partial charge is 0.379 e. The fourth-order valence-corrected chi connectivity index (χ4v) is 0.856. The fourth-order valence-electron chi connectivity index (χ4n) is 0.856. The molecule has 0 fully saturated rings. The lowest BCUT2D eigenvalue weighted by Gasteiger charge is -2.04. The first-order chi connectivity index (χ1) is 6.22. The van der Waals surface area contributed by atoms with Crippen LogP contribution < -0.4 is 0 Å². The Bertz CT molecular complexity index is 214. The van der Waals surface area contributed by atoms with Crippen molar-refractivity contribution in [1.29, 1.82) is 0 Å². The lowest BCUT2D eigenvalue weighted by atomic mass is 10.1. The van der Waals surface area contributed by atoms with E-state index in [2.05, 4.69) is 24.7 Å². The minimum atomic E-state index is -0.661. The molecule has 2 atom stereocenters. The predicted molar refractivity (Wildman–Crippen MR) is 55.9 cm³/mol. The SMILES string of the molecule is C#C[C@H](C)[C@H](O)C#CCCCCC. The first-order valence-corrected chi connectivity index (χ1v) is 4.85. The van der Waals surface area contributed by atoms with E-state index in [1.807, 2.05) is 0 Å². The van der Waals surface area contributed by atoms with Crippen LogP contribution in [0.15, 0.2) is 0 Å². The second-order valence-corrected chi connectivity index (χ2v) is 3.18. The summed E-state index contributed by atoms with van der Waals surface area (Å²) in [5, 5.41) is 9.36. The van der Waals surface area contributed by atoms with Crippen LogP contribution in [0, 0.1) is 30.1 Å². The van der Waals surface area contributed by atoms with Crippen molar-refractivity contribution in [2.75, 3.05) is 0 Å². The molecule has 0 radical (unpaired) electrons. The summed E-state index contributed by atoms with van der Waals surface area (Å²) in [4.78, 5) is 0. The predicted octanol–water partition coefficient (Wildman–Crippen LogP) is 2.20. The summed E-state index contributed by atoms with van der Waals surface area (Å²) in [6.45, 7) is 3.95. The molecule has 0 unspecified atom stereocenters. The van der Waals surface area contributed by atoms with Gasteiger partial charge in [0.2, 0.25) is 0 Å². The molecule has 0 aliphatic carbocycles. The Morgan fingerprint density at radius 1 is 1.38 bits per heavy atom. The van der Waals surface area contributed by atoms with Gasteiger partial charge in [-0.2, -0.15) is 0 Å². The Kier molecular flexibility index (Phi) is 7.17. The van der Waals surface area contributed by atoms with Crippen LogP contribution in [0.1, 0.15) is 39.5 Å². The molecular weight excluding hydrogens is 160 g/mol. The summed E-state index contributed by atoms with van der Waals surface area (Å²) in [7, 11) is 0. The summed E-state index contributed by atoms with van der Waals surface area (Å²) >= 11 is 0. The van der Waals surface area contributed by atoms with Crippen LogP contribution in [0.5, 0.6) is 0 Å². The molecule has 0 aromatic heterocycles. The normalized spacial score (nSPS) is 13.7. The van der Waals surface area contributed by atoms with E-state index in [4.69, 9.17) is 6.42 Å². The van der Waals surface area contributed by atoms with Gasteiger partial charge in [0.05, 0.1) is 5.92 Å². The highest BCUT2D eigenvalue weighted by Crippen LogP contribution is 2.00. The lowest BCUT2D eigenvalue weighted by Crippen LogP contribution is -2.12. The van der Waals surface area contributed by atoms with E-state index < -0.39 is 6.10 Å². The van der Waals surface area contributed by atoms with E-state index in [1.165, 1.54) is 12.8 Å². The maximum atomic E-state index is 9.36. The second kappa shape index (κ2) is 7.71. The first kappa shape index (κ1) is 12.1. The number of rotatable bonds is 4. The zero-order valence-corrected chi connectivity index (χ0v) is 8.51. The van der Waals surface area contributed by atoms with Gasteiger partial charge in [0.25, 0.3) is 0 Å². The second-order valence-electron chi connectivity index (χ2n) is 3.18. The van der Waals surface area contributed by atoms with Gasteiger partial charge in [-0.1, -0.05) is 31.6 Å². The number of aliphatic hydroxyl groups excluding tert-OH is 1. The molecule has 0 bridgehead atoms. The quantitative estimate of drug-likeness (QED) is 0.517. The van der Waals surface area contributed by atoms with Crippen molar-refractivity contribution < 1.29 is 5.11 Å². The van der Waals surface area contributed by atoms with Crippen LogP contribution in [-0.2, 0) is 0 Å². The van der Waals surface area contributed by atoms with Gasteiger partial charge in [-0.15, -0.1) is 12.3 Å². The number of hydrogen-bond donors (Lipinski definition) is 1. The number of unbranched alkanes of at least 4 members (excludes halogenated alkanes) is 3. The average Bonchev–Trinajstić information content (AvgIpc) is 2.16. The van der Waals surface area contributed by atoms with Crippen LogP contribution >= 0.6 is 0 Å². The Morgan fingerprint density at radius 2 is 2.08 bits per heavy atom. The molecular formula is C12H18O. The molecule has 0 rings (SSSR count). The third kappa shape index (κ3) is 6.26. The Morgan fingerprint density at radius 3 is 2.62 bits per heavy atom. The standard InChI is InChI=1S/C12H18O/c1-4-6-7-8-9-10-12(13)11(3)5-2/h2,11-13H,4,6-8H2,1,3H3/t11-,12+/m0/s1. The van der Waals surface area contributed by atoms with Crippen molar-refractivity contribution in [2.45, 2.75) is 45.6 Å². The maximum absolute atomic E-state index is 9.36. The first-order valence-electron chi connectivity index (χ1n) is 4.85. The third-order valence-corrected chi connectivity index (χ3v) is 1.89. The van der Waals surface area contributed by atoms with Gasteiger partial charge in [0.15, 0.2) is 0 Å². The molecule has 0 amide bonds. The average molecular weight is 178 g/mol. The molecule has 0 aliphatic heterocycles. The summed E-state index contributed by atoms with van der Waals surface area (Å²) < 4.78 is 0. The van der Waals surface area contributed by atoms with Crippen LogP contribution in [0.2, 0.25) is 0 Å². The van der Waals surface area contributed by atoms with E-state index in [0.717, 1.165) is 12.8 Å². The van der Waals surface area contributed by atoms with Crippen molar-refractivity contribution in [3.8, 4) is 24.2 Å². The van der Waals surface area contributed by atoms with Crippen molar-refractivity contribution >= 4 is 0 Å². The highest BCUT2D eigenvalue weighted by atomic mass is 16.3. The summed E-state index contributed by atoms with van der Waals surface area (Å²) in [6, 6.07) is 0. The van der Waals surface area contributed by atoms with Gasteiger partial charge in [0.1, 0.15) is 6.10 Å². The van der Waals surface area contributed by atoms with Gasteiger partial charge in [-0.05, 0) is 13.3 Å². The Labute approximate surface area is 81.5 Å². The molecule has 1 N–H and O–H groups in total. The number of terminal acetylenes is 1. The fraction of sp³-hybridized carbons (Fsp3) is 0.667. The van der Waals surface area contributed by atoms with Gasteiger partial charge >= 0.3 is 0 Å². The van der Waals surface area contributed by atoms with Crippen molar-refractivity contribution in [3.05, 3.63) is 0 Å². The molecule has 0 aliphatic rings. The van der Waals surface area contributed by atoms with Crippen molar-refractivity contribution in [3.63, 3.8) is 0 Å². The molecule has 1 heteroatoms. The van der Waals surface area contributed by atoms with Crippen molar-refractivity contribution in [2.24, 2.45) is 5.92 Å². The molecule has 13 heavy (non-hydrogen) atoms. The topological polar surface area (TPSA) is 20.2 Å². The lowest BCUT2D eigenvalue weighted by molar-refractivity contribution is 0.199. The van der Waals surface area contributed by atoms with Gasteiger partial charge < -0.3 is 5.11 Å². The molecule has 72 valence electrons. The monoisotopic (exact) mass is 178 g/mol. The highest BCUT2D eigenvalue weighted by Gasteiger charge is 2.06. The minimum Gasteiger partial charge on any atom is -0.379 e. The smallest absolute Gasteiger partial charge is 0.128 e. The highest BCUT2D eigenvalue weighted by molar-refractivity contribution is 5.11. The maximum Gasteiger partial charge on any atom is 0.128 e. The molecule has 0 aromatic rings. The van der Waals surface area contributed by atoms with Gasteiger partial charge in [-0.3, -0.25) is 0 Å². The van der Waals surface area contributed by atoms with E-state index in [-0.39, 0.29) is 5.92 Å². The van der Waals surface area contributed by atoms with Crippen molar-refractivity contribution in [1.82, 2.24) is 0 Å². The van der Waals surface area contributed by atoms with E-state index in [0.29, 0.717) is 0 Å². The summed E-state index contributed by atoms with van der Waals surface area (Å²) in [5.41, 5.74) is 0. The molecule has 0 spiro atoms. The minimum absolute atomic E-state index is 0.168.